The summed E-state index contributed by atoms with van der Waals surface area (Å²) in [5, 5.41) is 5.22. The van der Waals surface area contributed by atoms with Gasteiger partial charge in [-0.05, 0) is 85.6 Å². The normalized spacial score (nSPS) is 18.8. The number of rotatable bonds is 5. The van der Waals surface area contributed by atoms with Gasteiger partial charge in [-0.3, -0.25) is 0 Å². The Hall–Kier alpha value is -2.67. The van der Waals surface area contributed by atoms with Gasteiger partial charge in [0.1, 0.15) is 0 Å². The lowest BCUT2D eigenvalue weighted by atomic mass is 9.87. The summed E-state index contributed by atoms with van der Waals surface area (Å²) in [5.74, 6) is 0.651. The van der Waals surface area contributed by atoms with Crippen LogP contribution in [-0.4, -0.2) is 45.5 Å². The molecule has 5 nitrogen and oxygen atoms in total. The molecule has 34 heavy (non-hydrogen) atoms. The summed E-state index contributed by atoms with van der Waals surface area (Å²) < 4.78 is 23.0. The molecule has 6 heteroatoms. The average Bonchev–Trinajstić information content (AvgIpc) is 2.89. The zero-order valence-electron chi connectivity index (χ0n) is 19.5. The SMILES string of the molecule is NS(=O)(=O)c1ccc(N2CCC(N3CCC(c4ccc(-c5ccccc5)cc4)CC3)CC2)cc1. The van der Waals surface area contributed by atoms with Gasteiger partial charge in [0.25, 0.3) is 0 Å². The first-order valence-electron chi connectivity index (χ1n) is 12.2. The van der Waals surface area contributed by atoms with Gasteiger partial charge in [-0.2, -0.15) is 0 Å². The Morgan fingerprint density at radius 3 is 1.85 bits per heavy atom. The molecule has 0 atom stereocenters. The van der Waals surface area contributed by atoms with Crippen molar-refractivity contribution >= 4 is 15.7 Å². The zero-order chi connectivity index (χ0) is 23.5. The number of anilines is 1. The van der Waals surface area contributed by atoms with Crippen LogP contribution in [0.15, 0.2) is 83.8 Å². The number of nitrogens with two attached hydrogens (primary N) is 1. The number of piperidine rings is 2. The van der Waals surface area contributed by atoms with Gasteiger partial charge in [0.2, 0.25) is 10.0 Å². The van der Waals surface area contributed by atoms with Gasteiger partial charge in [-0.1, -0.05) is 54.6 Å². The molecule has 0 aliphatic carbocycles. The first-order valence-corrected chi connectivity index (χ1v) is 13.8. The van der Waals surface area contributed by atoms with Gasteiger partial charge in [0, 0.05) is 24.8 Å². The molecule has 0 unspecified atom stereocenters. The first kappa shape index (κ1) is 23.1. The minimum atomic E-state index is -3.64. The molecule has 0 radical (unpaired) electrons. The molecule has 2 aliphatic heterocycles. The second-order valence-electron chi connectivity index (χ2n) is 9.56. The standard InChI is InChI=1S/C28H33N3O2S/c29-34(32,33)28-12-10-26(11-13-28)31-20-16-27(17-21-31)30-18-14-25(15-19-30)24-8-6-23(7-9-24)22-4-2-1-3-5-22/h1-13,25,27H,14-21H2,(H2,29,32,33). The molecule has 0 bridgehead atoms. The highest BCUT2D eigenvalue weighted by Gasteiger charge is 2.29. The van der Waals surface area contributed by atoms with Crippen LogP contribution in [0.25, 0.3) is 11.1 Å². The van der Waals surface area contributed by atoms with Gasteiger partial charge in [0.15, 0.2) is 0 Å². The summed E-state index contributed by atoms with van der Waals surface area (Å²) in [6.45, 7) is 4.33. The molecule has 2 fully saturated rings. The molecule has 178 valence electrons. The van der Waals surface area contributed by atoms with Crippen LogP contribution in [0.1, 0.15) is 37.2 Å². The first-order chi connectivity index (χ1) is 16.5. The minimum Gasteiger partial charge on any atom is -0.371 e. The van der Waals surface area contributed by atoms with E-state index in [0.29, 0.717) is 12.0 Å². The van der Waals surface area contributed by atoms with Crippen LogP contribution >= 0.6 is 0 Å². The quantitative estimate of drug-likeness (QED) is 0.573. The van der Waals surface area contributed by atoms with E-state index in [-0.39, 0.29) is 4.90 Å². The molecule has 3 aromatic carbocycles. The molecule has 2 heterocycles. The highest BCUT2D eigenvalue weighted by atomic mass is 32.2. The summed E-state index contributed by atoms with van der Waals surface area (Å²) in [6.07, 6.45) is 4.74. The van der Waals surface area contributed by atoms with Crippen molar-refractivity contribution in [2.24, 2.45) is 5.14 Å². The smallest absolute Gasteiger partial charge is 0.238 e. The zero-order valence-corrected chi connectivity index (χ0v) is 20.3. The van der Waals surface area contributed by atoms with Crippen molar-refractivity contribution in [1.29, 1.82) is 0 Å². The third-order valence-corrected chi connectivity index (χ3v) is 8.46. The topological polar surface area (TPSA) is 66.6 Å². The Morgan fingerprint density at radius 1 is 0.676 bits per heavy atom. The van der Waals surface area contributed by atoms with Crippen molar-refractivity contribution in [3.8, 4) is 11.1 Å². The van der Waals surface area contributed by atoms with E-state index in [1.807, 2.05) is 12.1 Å². The third kappa shape index (κ3) is 5.19. The fourth-order valence-corrected chi connectivity index (χ4v) is 6.03. The van der Waals surface area contributed by atoms with Crippen LogP contribution in [0.2, 0.25) is 0 Å². The molecule has 5 rings (SSSR count). The average molecular weight is 476 g/mol. The lowest BCUT2D eigenvalue weighted by Crippen LogP contribution is -2.47. The number of primary sulfonamides is 1. The van der Waals surface area contributed by atoms with E-state index in [9.17, 15) is 8.42 Å². The van der Waals surface area contributed by atoms with Crippen molar-refractivity contribution in [3.63, 3.8) is 0 Å². The Labute approximate surface area is 203 Å². The Balaban J connectivity index is 1.12. The molecule has 0 amide bonds. The monoisotopic (exact) mass is 475 g/mol. The molecule has 0 spiro atoms. The maximum Gasteiger partial charge on any atom is 0.238 e. The van der Waals surface area contributed by atoms with Gasteiger partial charge in [0.05, 0.1) is 4.90 Å². The lowest BCUT2D eigenvalue weighted by molar-refractivity contribution is 0.132. The summed E-state index contributed by atoms with van der Waals surface area (Å²) in [4.78, 5) is 5.21. The second-order valence-corrected chi connectivity index (χ2v) is 11.1. The maximum atomic E-state index is 11.5. The minimum absolute atomic E-state index is 0.170. The van der Waals surface area contributed by atoms with E-state index in [1.54, 1.807) is 12.1 Å². The highest BCUT2D eigenvalue weighted by molar-refractivity contribution is 7.89. The highest BCUT2D eigenvalue weighted by Crippen LogP contribution is 2.32. The molecule has 2 aliphatic rings. The number of hydrogen-bond donors (Lipinski definition) is 1. The van der Waals surface area contributed by atoms with Gasteiger partial charge >= 0.3 is 0 Å². The summed E-state index contributed by atoms with van der Waals surface area (Å²) in [6, 6.07) is 27.3. The largest absolute Gasteiger partial charge is 0.371 e. The van der Waals surface area contributed by atoms with Crippen molar-refractivity contribution in [3.05, 3.63) is 84.4 Å². The second kappa shape index (κ2) is 9.90. The maximum absolute atomic E-state index is 11.5. The van der Waals surface area contributed by atoms with Crippen LogP contribution < -0.4 is 10.0 Å². The predicted octanol–water partition coefficient (Wildman–Crippen LogP) is 4.85. The van der Waals surface area contributed by atoms with E-state index in [0.717, 1.165) is 31.6 Å². The van der Waals surface area contributed by atoms with Gasteiger partial charge in [-0.15, -0.1) is 0 Å². The predicted molar refractivity (Wildman–Crippen MR) is 138 cm³/mol. The number of likely N-dealkylation sites (tertiary alicyclic amines) is 1. The number of hydrogen-bond acceptors (Lipinski definition) is 4. The Kier molecular flexibility index (Phi) is 6.73. The van der Waals surface area contributed by atoms with E-state index in [1.165, 1.54) is 42.6 Å². The molecule has 3 aromatic rings. The van der Waals surface area contributed by atoms with E-state index in [4.69, 9.17) is 5.14 Å². The van der Waals surface area contributed by atoms with Crippen molar-refractivity contribution < 1.29 is 8.42 Å². The summed E-state index contributed by atoms with van der Waals surface area (Å²) in [7, 11) is -3.64. The Bertz CT molecular complexity index is 1180. The van der Waals surface area contributed by atoms with Crippen LogP contribution in [0.5, 0.6) is 0 Å². The summed E-state index contributed by atoms with van der Waals surface area (Å²) in [5.41, 5.74) is 5.10. The molecule has 2 saturated heterocycles. The molecular formula is C28H33N3O2S. The van der Waals surface area contributed by atoms with Gasteiger partial charge < -0.3 is 9.80 Å². The third-order valence-electron chi connectivity index (χ3n) is 7.53. The van der Waals surface area contributed by atoms with Crippen molar-refractivity contribution in [2.45, 2.75) is 42.5 Å². The lowest BCUT2D eigenvalue weighted by Gasteiger charge is -2.42. The fraction of sp³-hybridized carbons (Fsp3) is 0.357. The molecule has 0 aromatic heterocycles. The van der Waals surface area contributed by atoms with Crippen LogP contribution in [0, 0.1) is 0 Å². The number of benzene rings is 3. The van der Waals surface area contributed by atoms with Crippen molar-refractivity contribution in [1.82, 2.24) is 4.90 Å². The van der Waals surface area contributed by atoms with Crippen LogP contribution in [0.3, 0.4) is 0 Å². The van der Waals surface area contributed by atoms with E-state index < -0.39 is 10.0 Å². The van der Waals surface area contributed by atoms with Gasteiger partial charge in [-0.25, -0.2) is 13.6 Å². The fourth-order valence-electron chi connectivity index (χ4n) is 5.51. The molecular weight excluding hydrogens is 442 g/mol. The number of sulfonamides is 1. The number of nitrogens with zero attached hydrogens (tertiary/aromatic N) is 2. The van der Waals surface area contributed by atoms with E-state index >= 15 is 0 Å². The molecule has 2 N–H and O–H groups in total. The van der Waals surface area contributed by atoms with Crippen LogP contribution in [-0.2, 0) is 10.0 Å². The van der Waals surface area contributed by atoms with Crippen molar-refractivity contribution in [2.75, 3.05) is 31.1 Å². The molecule has 0 saturated carbocycles. The van der Waals surface area contributed by atoms with E-state index in [2.05, 4.69) is 64.4 Å². The Morgan fingerprint density at radius 2 is 1.26 bits per heavy atom. The summed E-state index contributed by atoms with van der Waals surface area (Å²) >= 11 is 0. The van der Waals surface area contributed by atoms with Crippen LogP contribution in [0.4, 0.5) is 5.69 Å².